The summed E-state index contributed by atoms with van der Waals surface area (Å²) in [5, 5.41) is 3.93. The van der Waals surface area contributed by atoms with Gasteiger partial charge in [0.15, 0.2) is 0 Å². The molecule has 0 fully saturated rings. The highest BCUT2D eigenvalue weighted by atomic mass is 16.5. The molecule has 0 aromatic heterocycles. The molecule has 0 heterocycles. The summed E-state index contributed by atoms with van der Waals surface area (Å²) in [4.78, 5) is 11.0. The average molecular weight is 220 g/mol. The Hall–Kier alpha value is -1.84. The maximum atomic E-state index is 11.0. The maximum Gasteiger partial charge on any atom is 0.427 e. The lowest BCUT2D eigenvalue weighted by Gasteiger charge is -2.02. The second-order valence-electron chi connectivity index (χ2n) is 3.34. The van der Waals surface area contributed by atoms with Crippen LogP contribution in [0.3, 0.4) is 0 Å². The molecule has 1 aromatic carbocycles. The molecule has 0 aliphatic heterocycles. The van der Waals surface area contributed by atoms with Crippen molar-refractivity contribution in [3.05, 3.63) is 35.9 Å². The largest absolute Gasteiger partial charge is 0.449 e. The van der Waals surface area contributed by atoms with Gasteiger partial charge in [-0.2, -0.15) is 5.10 Å². The fraction of sp³-hybridized carbons (Fsp3) is 0.333. The Kier molecular flexibility index (Phi) is 5.05. The average Bonchev–Trinajstić information content (AvgIpc) is 2.28. The quantitative estimate of drug-likeness (QED) is 0.625. The summed E-state index contributed by atoms with van der Waals surface area (Å²) in [5.41, 5.74) is 4.32. The van der Waals surface area contributed by atoms with Crippen molar-refractivity contribution >= 4 is 11.8 Å². The third-order valence-corrected chi connectivity index (χ3v) is 1.92. The minimum absolute atomic E-state index is 0.346. The van der Waals surface area contributed by atoms with Gasteiger partial charge in [-0.15, -0.1) is 0 Å². The van der Waals surface area contributed by atoms with Gasteiger partial charge in [-0.3, -0.25) is 0 Å². The Morgan fingerprint density at radius 3 is 2.69 bits per heavy atom. The van der Waals surface area contributed by atoms with E-state index in [2.05, 4.69) is 15.3 Å². The summed E-state index contributed by atoms with van der Waals surface area (Å²) in [6.07, 6.45) is 0.197. The molecule has 0 aliphatic carbocycles. The number of carbonyl (C=O) groups is 1. The number of nitrogens with one attached hydrogen (secondary N) is 1. The number of hydrogen-bond donors (Lipinski definition) is 1. The van der Waals surface area contributed by atoms with Gasteiger partial charge in [-0.25, -0.2) is 10.2 Å². The van der Waals surface area contributed by atoms with Gasteiger partial charge < -0.3 is 4.74 Å². The number of nitrogens with zero attached hydrogens (tertiary/aromatic N) is 1. The molecule has 1 N–H and O–H groups in total. The number of amides is 1. The topological polar surface area (TPSA) is 50.7 Å². The van der Waals surface area contributed by atoms with Crippen molar-refractivity contribution in [1.29, 1.82) is 0 Å². The lowest BCUT2D eigenvalue weighted by atomic mass is 10.1. The second-order valence-corrected chi connectivity index (χ2v) is 3.34. The lowest BCUT2D eigenvalue weighted by Crippen LogP contribution is -2.20. The van der Waals surface area contributed by atoms with E-state index in [-0.39, 0.29) is 0 Å². The van der Waals surface area contributed by atoms with Crippen molar-refractivity contribution < 1.29 is 9.53 Å². The molecule has 0 atom stereocenters. The molecular formula is C12H16N2O2. The van der Waals surface area contributed by atoms with Crippen molar-refractivity contribution in [2.24, 2.45) is 5.10 Å². The van der Waals surface area contributed by atoms with E-state index in [9.17, 15) is 4.79 Å². The first-order chi connectivity index (χ1) is 7.72. The van der Waals surface area contributed by atoms with Crippen LogP contribution in [0.5, 0.6) is 0 Å². The Morgan fingerprint density at radius 1 is 1.38 bits per heavy atom. The zero-order chi connectivity index (χ0) is 11.8. The molecule has 4 nitrogen and oxygen atoms in total. The maximum absolute atomic E-state index is 11.0. The molecule has 0 bridgehead atoms. The molecule has 0 unspecified atom stereocenters. The van der Waals surface area contributed by atoms with E-state index < -0.39 is 6.09 Å². The van der Waals surface area contributed by atoms with Crippen LogP contribution in [0.1, 0.15) is 19.4 Å². The molecule has 1 rings (SSSR count). The number of rotatable bonds is 4. The molecule has 1 aromatic rings. The van der Waals surface area contributed by atoms with Gasteiger partial charge >= 0.3 is 6.09 Å². The van der Waals surface area contributed by atoms with Crippen LogP contribution in [-0.4, -0.2) is 18.4 Å². The monoisotopic (exact) mass is 220 g/mol. The third-order valence-electron chi connectivity index (χ3n) is 1.92. The smallest absolute Gasteiger partial charge is 0.427 e. The first-order valence-electron chi connectivity index (χ1n) is 5.22. The predicted octanol–water partition coefficient (Wildman–Crippen LogP) is 2.35. The van der Waals surface area contributed by atoms with Crippen LogP contribution in [0.4, 0.5) is 4.79 Å². The molecule has 4 heteroatoms. The minimum Gasteiger partial charge on any atom is -0.449 e. The van der Waals surface area contributed by atoms with E-state index in [0.29, 0.717) is 13.0 Å². The van der Waals surface area contributed by atoms with Gasteiger partial charge in [0.25, 0.3) is 0 Å². The number of ether oxygens (including phenoxy) is 1. The molecule has 0 radical (unpaired) electrons. The van der Waals surface area contributed by atoms with Gasteiger partial charge in [-0.1, -0.05) is 30.3 Å². The van der Waals surface area contributed by atoms with Crippen LogP contribution in [-0.2, 0) is 11.2 Å². The molecule has 16 heavy (non-hydrogen) atoms. The zero-order valence-electron chi connectivity index (χ0n) is 9.56. The fourth-order valence-corrected chi connectivity index (χ4v) is 1.24. The van der Waals surface area contributed by atoms with Crippen LogP contribution in [0.2, 0.25) is 0 Å². The standard InChI is InChI=1S/C12H16N2O2/c1-3-16-12(15)14-13-10(2)9-11-7-5-4-6-8-11/h4-8H,3,9H2,1-2H3,(H,14,15). The minimum atomic E-state index is -0.519. The van der Waals surface area contributed by atoms with E-state index >= 15 is 0 Å². The SMILES string of the molecule is CCOC(=O)NN=C(C)Cc1ccccc1. The fourth-order valence-electron chi connectivity index (χ4n) is 1.24. The number of hydrazone groups is 1. The Bertz CT molecular complexity index is 361. The Labute approximate surface area is 95.3 Å². The van der Waals surface area contributed by atoms with Gasteiger partial charge in [0, 0.05) is 12.1 Å². The summed E-state index contributed by atoms with van der Waals surface area (Å²) in [5.74, 6) is 0. The molecule has 0 saturated heterocycles. The van der Waals surface area contributed by atoms with E-state index in [4.69, 9.17) is 0 Å². The number of hydrogen-bond acceptors (Lipinski definition) is 3. The van der Waals surface area contributed by atoms with Crippen molar-refractivity contribution in [3.8, 4) is 0 Å². The van der Waals surface area contributed by atoms with Crippen molar-refractivity contribution in [3.63, 3.8) is 0 Å². The molecule has 0 saturated carbocycles. The molecule has 0 spiro atoms. The highest BCUT2D eigenvalue weighted by Gasteiger charge is 1.99. The van der Waals surface area contributed by atoms with Crippen LogP contribution in [0.25, 0.3) is 0 Å². The van der Waals surface area contributed by atoms with Crippen LogP contribution in [0.15, 0.2) is 35.4 Å². The predicted molar refractivity (Wildman–Crippen MR) is 63.4 cm³/mol. The third kappa shape index (κ3) is 4.59. The lowest BCUT2D eigenvalue weighted by molar-refractivity contribution is 0.152. The van der Waals surface area contributed by atoms with Crippen molar-refractivity contribution in [2.45, 2.75) is 20.3 Å². The Balaban J connectivity index is 2.43. The molecular weight excluding hydrogens is 204 g/mol. The van der Waals surface area contributed by atoms with Gasteiger partial charge in [-0.05, 0) is 19.4 Å². The molecule has 86 valence electrons. The number of carbonyl (C=O) groups excluding carboxylic acids is 1. The van der Waals surface area contributed by atoms with Gasteiger partial charge in [0.2, 0.25) is 0 Å². The van der Waals surface area contributed by atoms with Crippen molar-refractivity contribution in [2.75, 3.05) is 6.61 Å². The highest BCUT2D eigenvalue weighted by Crippen LogP contribution is 2.00. The number of benzene rings is 1. The molecule has 0 aliphatic rings. The second kappa shape index (κ2) is 6.61. The highest BCUT2D eigenvalue weighted by molar-refractivity contribution is 5.85. The van der Waals surface area contributed by atoms with Crippen LogP contribution in [0, 0.1) is 0 Å². The first-order valence-corrected chi connectivity index (χ1v) is 5.22. The summed E-state index contributed by atoms with van der Waals surface area (Å²) >= 11 is 0. The summed E-state index contributed by atoms with van der Waals surface area (Å²) < 4.78 is 4.69. The van der Waals surface area contributed by atoms with Gasteiger partial charge in [0.1, 0.15) is 0 Å². The van der Waals surface area contributed by atoms with E-state index in [1.54, 1.807) is 6.92 Å². The summed E-state index contributed by atoms with van der Waals surface area (Å²) in [7, 11) is 0. The summed E-state index contributed by atoms with van der Waals surface area (Å²) in [6.45, 7) is 3.96. The zero-order valence-corrected chi connectivity index (χ0v) is 9.56. The first kappa shape index (κ1) is 12.2. The van der Waals surface area contributed by atoms with Crippen LogP contribution < -0.4 is 5.43 Å². The molecule has 1 amide bonds. The van der Waals surface area contributed by atoms with Crippen LogP contribution >= 0.6 is 0 Å². The summed E-state index contributed by atoms with van der Waals surface area (Å²) in [6, 6.07) is 9.95. The van der Waals surface area contributed by atoms with E-state index in [0.717, 1.165) is 11.3 Å². The van der Waals surface area contributed by atoms with E-state index in [1.165, 1.54) is 0 Å². The Morgan fingerprint density at radius 2 is 2.06 bits per heavy atom. The normalized spacial score (nSPS) is 11.0. The van der Waals surface area contributed by atoms with E-state index in [1.807, 2.05) is 37.3 Å². The van der Waals surface area contributed by atoms with Crippen molar-refractivity contribution in [1.82, 2.24) is 5.43 Å². The van der Waals surface area contributed by atoms with Gasteiger partial charge in [0.05, 0.1) is 6.61 Å².